The van der Waals surface area contributed by atoms with Crippen LogP contribution in [0.3, 0.4) is 0 Å². The van der Waals surface area contributed by atoms with E-state index < -0.39 is 0 Å². The van der Waals surface area contributed by atoms with Gasteiger partial charge in [-0.1, -0.05) is 12.1 Å². The van der Waals surface area contributed by atoms with E-state index in [1.807, 2.05) is 30.3 Å². The number of aromatic nitrogens is 1. The Labute approximate surface area is 125 Å². The maximum atomic E-state index is 11.7. The number of carbonyl (C=O) groups excluding carboxylic acids is 1. The molecular weight excluding hydrogens is 320 g/mol. The summed E-state index contributed by atoms with van der Waals surface area (Å²) < 4.78 is 5.98. The van der Waals surface area contributed by atoms with Gasteiger partial charge >= 0.3 is 0 Å². The maximum absolute atomic E-state index is 11.7. The first-order valence-corrected chi connectivity index (χ1v) is 6.71. The standard InChI is InChI=1S/C15H13BrN2O2/c1-20-13-4-2-3-11(9-13)5-8-15(19)18-14-7-6-12(16)10-17-14/h2-10H,1H3,(H,17,18,19)/b8-5+. The maximum Gasteiger partial charge on any atom is 0.249 e. The molecular formula is C15H13BrN2O2. The van der Waals surface area contributed by atoms with Crippen molar-refractivity contribution in [3.63, 3.8) is 0 Å². The summed E-state index contributed by atoms with van der Waals surface area (Å²) in [4.78, 5) is 15.8. The first kappa shape index (κ1) is 14.3. The SMILES string of the molecule is COc1cccc(/C=C/C(=O)Nc2ccc(Br)cn2)c1. The van der Waals surface area contributed by atoms with Crippen molar-refractivity contribution < 1.29 is 9.53 Å². The Morgan fingerprint density at radius 2 is 2.20 bits per heavy atom. The van der Waals surface area contributed by atoms with Gasteiger partial charge < -0.3 is 10.1 Å². The van der Waals surface area contributed by atoms with Gasteiger partial charge in [0.1, 0.15) is 11.6 Å². The molecule has 0 saturated carbocycles. The van der Waals surface area contributed by atoms with Crippen LogP contribution < -0.4 is 10.1 Å². The van der Waals surface area contributed by atoms with Crippen LogP contribution in [-0.4, -0.2) is 18.0 Å². The average Bonchev–Trinajstić information content (AvgIpc) is 2.48. The lowest BCUT2D eigenvalue weighted by atomic mass is 10.2. The quantitative estimate of drug-likeness (QED) is 0.871. The van der Waals surface area contributed by atoms with Crippen molar-refractivity contribution >= 4 is 33.7 Å². The van der Waals surface area contributed by atoms with E-state index in [0.717, 1.165) is 15.8 Å². The molecule has 0 spiro atoms. The molecule has 1 aromatic carbocycles. The number of benzene rings is 1. The Balaban J connectivity index is 1.99. The third-order valence-electron chi connectivity index (χ3n) is 2.50. The normalized spacial score (nSPS) is 10.5. The minimum atomic E-state index is -0.234. The van der Waals surface area contributed by atoms with E-state index in [0.29, 0.717) is 5.82 Å². The topological polar surface area (TPSA) is 51.2 Å². The van der Waals surface area contributed by atoms with Gasteiger partial charge in [-0.2, -0.15) is 0 Å². The molecule has 102 valence electrons. The van der Waals surface area contributed by atoms with E-state index in [9.17, 15) is 4.79 Å². The van der Waals surface area contributed by atoms with E-state index in [4.69, 9.17) is 4.74 Å². The van der Waals surface area contributed by atoms with E-state index >= 15 is 0 Å². The summed E-state index contributed by atoms with van der Waals surface area (Å²) in [6.45, 7) is 0. The molecule has 0 aliphatic rings. The lowest BCUT2D eigenvalue weighted by Gasteiger charge is -2.01. The number of anilines is 1. The first-order valence-electron chi connectivity index (χ1n) is 5.92. The van der Waals surface area contributed by atoms with Gasteiger partial charge in [0.25, 0.3) is 0 Å². The molecule has 2 rings (SSSR count). The third-order valence-corrected chi connectivity index (χ3v) is 2.97. The Kier molecular flexibility index (Phi) is 4.90. The van der Waals surface area contributed by atoms with Gasteiger partial charge in [0.05, 0.1) is 7.11 Å². The van der Waals surface area contributed by atoms with E-state index in [2.05, 4.69) is 26.2 Å². The summed E-state index contributed by atoms with van der Waals surface area (Å²) >= 11 is 3.29. The molecule has 0 unspecified atom stereocenters. The van der Waals surface area contributed by atoms with Crippen LogP contribution in [0.2, 0.25) is 0 Å². The molecule has 2 aromatic rings. The zero-order chi connectivity index (χ0) is 14.4. The van der Waals surface area contributed by atoms with E-state index in [1.165, 1.54) is 6.08 Å². The first-order chi connectivity index (χ1) is 9.67. The average molecular weight is 333 g/mol. The summed E-state index contributed by atoms with van der Waals surface area (Å²) in [5, 5.41) is 2.68. The van der Waals surface area contributed by atoms with Gasteiger partial charge in [0.2, 0.25) is 5.91 Å². The van der Waals surface area contributed by atoms with Gasteiger partial charge in [0, 0.05) is 16.7 Å². The van der Waals surface area contributed by atoms with Gasteiger partial charge in [-0.15, -0.1) is 0 Å². The summed E-state index contributed by atoms with van der Waals surface area (Å²) in [5.74, 6) is 1.03. The Bertz CT molecular complexity index is 624. The molecule has 1 amide bonds. The van der Waals surface area contributed by atoms with Gasteiger partial charge in [0.15, 0.2) is 0 Å². The van der Waals surface area contributed by atoms with Gasteiger partial charge in [-0.05, 0) is 51.8 Å². The van der Waals surface area contributed by atoms with Crippen LogP contribution in [0.1, 0.15) is 5.56 Å². The number of pyridine rings is 1. The van der Waals surface area contributed by atoms with Crippen LogP contribution in [0.5, 0.6) is 5.75 Å². The Morgan fingerprint density at radius 1 is 1.35 bits per heavy atom. The largest absolute Gasteiger partial charge is 0.497 e. The molecule has 0 bridgehead atoms. The fourth-order valence-electron chi connectivity index (χ4n) is 1.53. The predicted molar refractivity (Wildman–Crippen MR) is 82.6 cm³/mol. The third kappa shape index (κ3) is 4.20. The molecule has 0 radical (unpaired) electrons. The number of hydrogen-bond donors (Lipinski definition) is 1. The van der Waals surface area contributed by atoms with Crippen LogP contribution in [0.15, 0.2) is 53.1 Å². The molecule has 1 aromatic heterocycles. The molecule has 0 aliphatic carbocycles. The summed E-state index contributed by atoms with van der Waals surface area (Å²) in [5.41, 5.74) is 0.892. The fraction of sp³-hybridized carbons (Fsp3) is 0.0667. The number of amides is 1. The van der Waals surface area contributed by atoms with Crippen LogP contribution in [0.4, 0.5) is 5.82 Å². The van der Waals surface area contributed by atoms with E-state index in [-0.39, 0.29) is 5.91 Å². The lowest BCUT2D eigenvalue weighted by Crippen LogP contribution is -2.08. The molecule has 1 N–H and O–H groups in total. The van der Waals surface area contributed by atoms with Crippen molar-refractivity contribution in [2.45, 2.75) is 0 Å². The molecule has 20 heavy (non-hydrogen) atoms. The number of carbonyl (C=O) groups is 1. The van der Waals surface area contributed by atoms with Crippen LogP contribution in [0, 0.1) is 0 Å². The zero-order valence-electron chi connectivity index (χ0n) is 10.8. The summed E-state index contributed by atoms with van der Waals surface area (Å²) in [7, 11) is 1.61. The number of nitrogens with one attached hydrogen (secondary N) is 1. The van der Waals surface area contributed by atoms with Crippen LogP contribution >= 0.6 is 15.9 Å². The Hall–Kier alpha value is -2.14. The summed E-state index contributed by atoms with van der Waals surface area (Å²) in [6, 6.07) is 11.0. The second-order valence-corrected chi connectivity index (χ2v) is 4.88. The van der Waals surface area contributed by atoms with Gasteiger partial charge in [-0.3, -0.25) is 4.79 Å². The second-order valence-electron chi connectivity index (χ2n) is 3.96. The molecule has 0 fully saturated rings. The van der Waals surface area contributed by atoms with E-state index in [1.54, 1.807) is 25.4 Å². The molecule has 0 atom stereocenters. The number of methoxy groups -OCH3 is 1. The number of halogens is 1. The molecule has 5 heteroatoms. The minimum absolute atomic E-state index is 0.234. The molecule has 0 aliphatic heterocycles. The number of rotatable bonds is 4. The van der Waals surface area contributed by atoms with Crippen LogP contribution in [-0.2, 0) is 4.79 Å². The van der Waals surface area contributed by atoms with Crippen molar-refractivity contribution in [2.75, 3.05) is 12.4 Å². The summed E-state index contributed by atoms with van der Waals surface area (Å²) in [6.07, 6.45) is 4.80. The van der Waals surface area contributed by atoms with Crippen molar-refractivity contribution in [3.8, 4) is 5.75 Å². The van der Waals surface area contributed by atoms with Gasteiger partial charge in [-0.25, -0.2) is 4.98 Å². The highest BCUT2D eigenvalue weighted by molar-refractivity contribution is 9.10. The van der Waals surface area contributed by atoms with Crippen molar-refractivity contribution in [2.24, 2.45) is 0 Å². The van der Waals surface area contributed by atoms with Crippen LogP contribution in [0.25, 0.3) is 6.08 Å². The number of hydrogen-bond acceptors (Lipinski definition) is 3. The number of ether oxygens (including phenoxy) is 1. The highest BCUT2D eigenvalue weighted by Gasteiger charge is 1.99. The predicted octanol–water partition coefficient (Wildman–Crippen LogP) is 3.50. The molecule has 1 heterocycles. The fourth-order valence-corrected chi connectivity index (χ4v) is 1.77. The molecule has 0 saturated heterocycles. The second kappa shape index (κ2) is 6.86. The monoisotopic (exact) mass is 332 g/mol. The molecule has 4 nitrogen and oxygen atoms in total. The highest BCUT2D eigenvalue weighted by atomic mass is 79.9. The van der Waals surface area contributed by atoms with Crippen molar-refractivity contribution in [1.29, 1.82) is 0 Å². The lowest BCUT2D eigenvalue weighted by molar-refractivity contribution is -0.111. The van der Waals surface area contributed by atoms with Crippen molar-refractivity contribution in [1.82, 2.24) is 4.98 Å². The zero-order valence-corrected chi connectivity index (χ0v) is 12.4. The number of nitrogens with zero attached hydrogens (tertiary/aromatic N) is 1. The minimum Gasteiger partial charge on any atom is -0.497 e. The van der Waals surface area contributed by atoms with Crippen molar-refractivity contribution in [3.05, 3.63) is 58.7 Å². The highest BCUT2D eigenvalue weighted by Crippen LogP contribution is 2.14. The Morgan fingerprint density at radius 3 is 2.90 bits per heavy atom. The smallest absolute Gasteiger partial charge is 0.249 e.